The molecule has 1 aliphatic rings. The maximum atomic E-state index is 12.5. The molecule has 1 aliphatic heterocycles. The summed E-state index contributed by atoms with van der Waals surface area (Å²) < 4.78 is 26.0. The second kappa shape index (κ2) is 8.09. The molecule has 1 saturated heterocycles. The van der Waals surface area contributed by atoms with Gasteiger partial charge in [0.1, 0.15) is 0 Å². The fourth-order valence-electron chi connectivity index (χ4n) is 2.83. The smallest absolute Gasteiger partial charge is 0.323 e. The highest BCUT2D eigenvalue weighted by atomic mass is 32.2. The summed E-state index contributed by atoms with van der Waals surface area (Å²) in [6.07, 6.45) is 0.0229. The average molecular weight is 438 g/mol. The molecule has 1 aromatic heterocycles. The van der Waals surface area contributed by atoms with Gasteiger partial charge in [-0.1, -0.05) is 0 Å². The van der Waals surface area contributed by atoms with Crippen LogP contribution in [0.2, 0.25) is 0 Å². The number of carbonyl (C=O) groups excluding carboxylic acids is 2. The minimum atomic E-state index is -3.62. The topological polar surface area (TPSA) is 112 Å². The van der Waals surface area contributed by atoms with E-state index in [9.17, 15) is 18.0 Å². The molecule has 0 unspecified atom stereocenters. The lowest BCUT2D eigenvalue weighted by Crippen LogP contribution is -2.27. The van der Waals surface area contributed by atoms with E-state index in [1.54, 1.807) is 18.4 Å². The highest BCUT2D eigenvalue weighted by molar-refractivity contribution is 7.89. The average Bonchev–Trinajstić information content (AvgIpc) is 3.27. The van der Waals surface area contributed by atoms with E-state index in [1.165, 1.54) is 36.4 Å². The quantitative estimate of drug-likeness (QED) is 0.715. The van der Waals surface area contributed by atoms with Crippen molar-refractivity contribution in [2.24, 2.45) is 0 Å². The zero-order valence-corrected chi connectivity index (χ0v) is 18.3. The summed E-state index contributed by atoms with van der Waals surface area (Å²) in [6, 6.07) is 2.87. The Hall–Kier alpha value is -2.50. The summed E-state index contributed by atoms with van der Waals surface area (Å²) in [5, 5.41) is 7.79. The summed E-state index contributed by atoms with van der Waals surface area (Å²) >= 11 is 1.30. The van der Waals surface area contributed by atoms with Gasteiger partial charge in [-0.2, -0.15) is 0 Å². The van der Waals surface area contributed by atoms with Crippen molar-refractivity contribution in [3.8, 4) is 0 Å². The van der Waals surface area contributed by atoms with E-state index in [4.69, 9.17) is 0 Å². The lowest BCUT2D eigenvalue weighted by molar-refractivity contribution is -0.115. The maximum Gasteiger partial charge on any atom is 0.323 e. The molecule has 0 spiro atoms. The molecule has 156 valence electrons. The number of hydrogen-bond donors (Lipinski definition) is 2. The maximum absolute atomic E-state index is 12.5. The van der Waals surface area contributed by atoms with Gasteiger partial charge in [-0.05, 0) is 37.1 Å². The zero-order chi connectivity index (χ0) is 21.3. The SMILES string of the molecule is Cc1cc(S(=O)(=O)N(C)C)cc(NC(=O)Cc2csc(N3CCNC3=O)n2)c1C. The van der Waals surface area contributed by atoms with Gasteiger partial charge in [0, 0.05) is 38.3 Å². The molecule has 2 aromatic rings. The summed E-state index contributed by atoms with van der Waals surface area (Å²) in [5.74, 6) is -0.311. The number of sulfonamides is 1. The van der Waals surface area contributed by atoms with Crippen molar-refractivity contribution in [1.82, 2.24) is 14.6 Å². The lowest BCUT2D eigenvalue weighted by atomic mass is 10.1. The van der Waals surface area contributed by atoms with Crippen LogP contribution < -0.4 is 15.5 Å². The summed E-state index contributed by atoms with van der Waals surface area (Å²) in [7, 11) is -0.694. The van der Waals surface area contributed by atoms with Gasteiger partial charge in [0.05, 0.1) is 17.0 Å². The molecule has 0 radical (unpaired) electrons. The number of benzene rings is 1. The van der Waals surface area contributed by atoms with E-state index < -0.39 is 10.0 Å². The van der Waals surface area contributed by atoms with Crippen LogP contribution in [0.1, 0.15) is 16.8 Å². The van der Waals surface area contributed by atoms with Crippen molar-refractivity contribution >= 4 is 44.1 Å². The first-order valence-corrected chi connectivity index (χ1v) is 11.2. The number of carbonyl (C=O) groups is 2. The van der Waals surface area contributed by atoms with Crippen LogP contribution >= 0.6 is 11.3 Å². The molecule has 3 rings (SSSR count). The first-order valence-electron chi connectivity index (χ1n) is 8.93. The predicted octanol–water partition coefficient (Wildman–Crippen LogP) is 1.72. The Morgan fingerprint density at radius 2 is 2.07 bits per heavy atom. The summed E-state index contributed by atoms with van der Waals surface area (Å²) in [5.41, 5.74) is 2.56. The minimum Gasteiger partial charge on any atom is -0.336 e. The molecule has 9 nitrogen and oxygen atoms in total. The van der Waals surface area contributed by atoms with Crippen molar-refractivity contribution in [2.75, 3.05) is 37.4 Å². The van der Waals surface area contributed by atoms with Gasteiger partial charge in [0.15, 0.2) is 5.13 Å². The lowest BCUT2D eigenvalue weighted by Gasteiger charge is -2.16. The first-order chi connectivity index (χ1) is 13.6. The van der Waals surface area contributed by atoms with Crippen LogP contribution in [-0.4, -0.2) is 56.8 Å². The number of aryl methyl sites for hydroxylation is 1. The zero-order valence-electron chi connectivity index (χ0n) is 16.6. The van der Waals surface area contributed by atoms with Gasteiger partial charge in [-0.15, -0.1) is 11.3 Å². The van der Waals surface area contributed by atoms with Crippen LogP contribution in [0.25, 0.3) is 0 Å². The Morgan fingerprint density at radius 1 is 1.34 bits per heavy atom. The Labute approximate surface area is 173 Å². The number of rotatable bonds is 6. The van der Waals surface area contributed by atoms with Crippen LogP contribution in [0.15, 0.2) is 22.4 Å². The van der Waals surface area contributed by atoms with Gasteiger partial charge in [-0.3, -0.25) is 9.69 Å². The number of urea groups is 1. The molecule has 0 atom stereocenters. The van der Waals surface area contributed by atoms with Gasteiger partial charge in [0.25, 0.3) is 0 Å². The number of aromatic nitrogens is 1. The van der Waals surface area contributed by atoms with Crippen LogP contribution in [-0.2, 0) is 21.2 Å². The second-order valence-corrected chi connectivity index (χ2v) is 9.92. The first kappa shape index (κ1) is 21.2. The Morgan fingerprint density at radius 3 is 2.69 bits per heavy atom. The van der Waals surface area contributed by atoms with Crippen molar-refractivity contribution in [3.05, 3.63) is 34.3 Å². The van der Waals surface area contributed by atoms with Crippen molar-refractivity contribution in [1.29, 1.82) is 0 Å². The highest BCUT2D eigenvalue weighted by Crippen LogP contribution is 2.26. The molecule has 2 N–H and O–H groups in total. The van der Waals surface area contributed by atoms with Crippen LogP contribution in [0.5, 0.6) is 0 Å². The van der Waals surface area contributed by atoms with E-state index in [0.717, 1.165) is 15.4 Å². The molecular formula is C18H23N5O4S2. The minimum absolute atomic E-state index is 0.0229. The van der Waals surface area contributed by atoms with Crippen LogP contribution in [0.4, 0.5) is 15.6 Å². The third kappa shape index (κ3) is 4.41. The van der Waals surface area contributed by atoms with Crippen LogP contribution in [0, 0.1) is 13.8 Å². The Bertz CT molecular complexity index is 1060. The van der Waals surface area contributed by atoms with Crippen molar-refractivity contribution in [3.63, 3.8) is 0 Å². The number of nitrogens with zero attached hydrogens (tertiary/aromatic N) is 3. The normalized spacial score (nSPS) is 14.4. The monoisotopic (exact) mass is 437 g/mol. The van der Waals surface area contributed by atoms with E-state index in [1.807, 2.05) is 6.92 Å². The standard InChI is InChI=1S/C18H23N5O4S2/c1-11-7-14(29(26,27)22(3)4)9-15(12(11)2)21-16(24)8-13-10-28-18(20-13)23-6-5-19-17(23)25/h7,9-10H,5-6,8H2,1-4H3,(H,19,25)(H,21,24). The molecule has 1 fully saturated rings. The molecule has 11 heteroatoms. The number of thiazole rings is 1. The largest absolute Gasteiger partial charge is 0.336 e. The number of hydrogen-bond acceptors (Lipinski definition) is 6. The van der Waals surface area contributed by atoms with E-state index in [2.05, 4.69) is 15.6 Å². The fourth-order valence-corrected chi connectivity index (χ4v) is 4.69. The second-order valence-electron chi connectivity index (χ2n) is 6.93. The van der Waals surface area contributed by atoms with E-state index >= 15 is 0 Å². The molecule has 3 amide bonds. The van der Waals surface area contributed by atoms with E-state index in [0.29, 0.717) is 29.6 Å². The fraction of sp³-hybridized carbons (Fsp3) is 0.389. The van der Waals surface area contributed by atoms with Gasteiger partial charge in [-0.25, -0.2) is 22.5 Å². The predicted molar refractivity (Wildman–Crippen MR) is 112 cm³/mol. The number of anilines is 2. The van der Waals surface area contributed by atoms with Crippen molar-refractivity contribution < 1.29 is 18.0 Å². The third-order valence-electron chi connectivity index (χ3n) is 4.66. The van der Waals surface area contributed by atoms with Gasteiger partial charge < -0.3 is 10.6 Å². The van der Waals surface area contributed by atoms with Crippen molar-refractivity contribution in [2.45, 2.75) is 25.2 Å². The number of amides is 3. The summed E-state index contributed by atoms with van der Waals surface area (Å²) in [4.78, 5) is 30.3. The van der Waals surface area contributed by atoms with Gasteiger partial charge >= 0.3 is 6.03 Å². The number of nitrogens with one attached hydrogen (secondary N) is 2. The highest BCUT2D eigenvalue weighted by Gasteiger charge is 2.24. The van der Waals surface area contributed by atoms with Gasteiger partial charge in [0.2, 0.25) is 15.9 Å². The molecule has 0 aliphatic carbocycles. The van der Waals surface area contributed by atoms with E-state index in [-0.39, 0.29) is 23.3 Å². The summed E-state index contributed by atoms with van der Waals surface area (Å²) in [6.45, 7) is 4.74. The molecule has 29 heavy (non-hydrogen) atoms. The molecule has 1 aromatic carbocycles. The molecule has 2 heterocycles. The molecule has 0 bridgehead atoms. The Balaban J connectivity index is 1.76. The molecular weight excluding hydrogens is 414 g/mol. The third-order valence-corrected chi connectivity index (χ3v) is 7.37. The van der Waals surface area contributed by atoms with Crippen LogP contribution in [0.3, 0.4) is 0 Å². The Kier molecular flexibility index (Phi) is 5.92. The molecule has 0 saturated carbocycles.